The standard InChI is InChI=1S/C13H7Br2N3O2/c14-8-5-10(15)11(16-6-8)12-17-13(20-18-12)7-2-1-3-9(19)4-7/h1-6,19H. The van der Waals surface area contributed by atoms with Gasteiger partial charge in [-0.1, -0.05) is 11.2 Å². The molecule has 0 unspecified atom stereocenters. The van der Waals surface area contributed by atoms with Crippen LogP contribution in [-0.4, -0.2) is 20.2 Å². The number of nitrogens with zero attached hydrogens (tertiary/aromatic N) is 3. The minimum atomic E-state index is 0.144. The van der Waals surface area contributed by atoms with Crippen LogP contribution >= 0.6 is 31.9 Å². The summed E-state index contributed by atoms with van der Waals surface area (Å²) in [7, 11) is 0. The molecule has 0 bridgehead atoms. The fourth-order valence-electron chi connectivity index (χ4n) is 1.65. The SMILES string of the molecule is Oc1cccc(-c2nc(-c3ncc(Br)cc3Br)no2)c1. The van der Waals surface area contributed by atoms with E-state index in [4.69, 9.17) is 4.52 Å². The summed E-state index contributed by atoms with van der Waals surface area (Å²) in [5, 5.41) is 13.4. The predicted octanol–water partition coefficient (Wildman–Crippen LogP) is 4.03. The second kappa shape index (κ2) is 5.34. The van der Waals surface area contributed by atoms with Gasteiger partial charge >= 0.3 is 0 Å². The van der Waals surface area contributed by atoms with Gasteiger partial charge in [0.25, 0.3) is 5.89 Å². The van der Waals surface area contributed by atoms with Gasteiger partial charge in [0, 0.05) is 20.7 Å². The van der Waals surface area contributed by atoms with E-state index in [9.17, 15) is 5.11 Å². The van der Waals surface area contributed by atoms with Gasteiger partial charge in [0.1, 0.15) is 11.4 Å². The number of hydrogen-bond acceptors (Lipinski definition) is 5. The van der Waals surface area contributed by atoms with Crippen molar-refractivity contribution in [2.45, 2.75) is 0 Å². The Balaban J connectivity index is 2.02. The Kier molecular flexibility index (Phi) is 3.54. The van der Waals surface area contributed by atoms with E-state index in [0.29, 0.717) is 23.0 Å². The first kappa shape index (κ1) is 13.3. The van der Waals surface area contributed by atoms with Gasteiger partial charge in [0.05, 0.1) is 0 Å². The minimum absolute atomic E-state index is 0.144. The molecule has 0 saturated carbocycles. The molecular formula is C13H7Br2N3O2. The lowest BCUT2D eigenvalue weighted by molar-refractivity contribution is 0.431. The number of hydrogen-bond donors (Lipinski definition) is 1. The summed E-state index contributed by atoms with van der Waals surface area (Å²) in [6.07, 6.45) is 1.66. The molecule has 0 radical (unpaired) electrons. The van der Waals surface area contributed by atoms with Crippen LogP contribution in [0.3, 0.4) is 0 Å². The molecule has 3 rings (SSSR count). The number of rotatable bonds is 2. The van der Waals surface area contributed by atoms with Gasteiger partial charge in [0.2, 0.25) is 5.82 Å². The Morgan fingerprint density at radius 2 is 2.00 bits per heavy atom. The number of aromatic nitrogens is 3. The van der Waals surface area contributed by atoms with Crippen molar-refractivity contribution in [3.63, 3.8) is 0 Å². The molecule has 0 aliphatic carbocycles. The second-order valence-electron chi connectivity index (χ2n) is 3.96. The number of phenols is 1. The average molecular weight is 397 g/mol. The summed E-state index contributed by atoms with van der Waals surface area (Å²) in [4.78, 5) is 8.53. The van der Waals surface area contributed by atoms with Crippen molar-refractivity contribution in [3.8, 4) is 28.7 Å². The van der Waals surface area contributed by atoms with Crippen molar-refractivity contribution < 1.29 is 9.63 Å². The Morgan fingerprint density at radius 1 is 1.15 bits per heavy atom. The zero-order chi connectivity index (χ0) is 14.1. The molecule has 3 aromatic rings. The molecule has 2 aromatic heterocycles. The lowest BCUT2D eigenvalue weighted by atomic mass is 10.2. The zero-order valence-corrected chi connectivity index (χ0v) is 13.1. The highest BCUT2D eigenvalue weighted by Crippen LogP contribution is 2.29. The zero-order valence-electron chi connectivity index (χ0n) is 9.92. The van der Waals surface area contributed by atoms with Crippen LogP contribution in [0.4, 0.5) is 0 Å². The maximum absolute atomic E-state index is 9.46. The first-order valence-electron chi connectivity index (χ1n) is 5.58. The predicted molar refractivity (Wildman–Crippen MR) is 80.0 cm³/mol. The maximum Gasteiger partial charge on any atom is 0.258 e. The van der Waals surface area contributed by atoms with Crippen molar-refractivity contribution in [2.75, 3.05) is 0 Å². The van der Waals surface area contributed by atoms with Crippen LogP contribution in [-0.2, 0) is 0 Å². The molecule has 7 heteroatoms. The summed E-state index contributed by atoms with van der Waals surface area (Å²) in [5.41, 5.74) is 1.24. The number of halogens is 2. The Labute approximate surface area is 130 Å². The maximum atomic E-state index is 9.46. The van der Waals surface area contributed by atoms with Crippen molar-refractivity contribution >= 4 is 31.9 Å². The van der Waals surface area contributed by atoms with E-state index in [0.717, 1.165) is 8.95 Å². The first-order chi connectivity index (χ1) is 9.63. The number of phenolic OH excluding ortho intramolecular Hbond substituents is 1. The third-order valence-electron chi connectivity index (χ3n) is 2.54. The Morgan fingerprint density at radius 3 is 2.75 bits per heavy atom. The van der Waals surface area contributed by atoms with E-state index in [1.165, 1.54) is 0 Å². The third kappa shape index (κ3) is 2.59. The van der Waals surface area contributed by atoms with Crippen molar-refractivity contribution in [1.82, 2.24) is 15.1 Å². The number of benzene rings is 1. The van der Waals surface area contributed by atoms with E-state index < -0.39 is 0 Å². The van der Waals surface area contributed by atoms with E-state index in [2.05, 4.69) is 47.0 Å². The molecule has 5 nitrogen and oxygen atoms in total. The molecular weight excluding hydrogens is 390 g/mol. The van der Waals surface area contributed by atoms with Gasteiger partial charge in [-0.25, -0.2) is 0 Å². The van der Waals surface area contributed by atoms with Crippen LogP contribution in [0.1, 0.15) is 0 Å². The normalized spacial score (nSPS) is 10.7. The van der Waals surface area contributed by atoms with Gasteiger partial charge in [-0.3, -0.25) is 4.98 Å². The van der Waals surface area contributed by atoms with Gasteiger partial charge in [-0.2, -0.15) is 4.98 Å². The topological polar surface area (TPSA) is 72.0 Å². The molecule has 0 aliphatic heterocycles. The molecule has 0 aliphatic rings. The van der Waals surface area contributed by atoms with E-state index >= 15 is 0 Å². The summed E-state index contributed by atoms with van der Waals surface area (Å²) in [6.45, 7) is 0. The lowest BCUT2D eigenvalue weighted by Gasteiger charge is -1.98. The molecule has 1 N–H and O–H groups in total. The average Bonchev–Trinajstić information content (AvgIpc) is 2.88. The molecule has 100 valence electrons. The molecule has 0 saturated heterocycles. The summed E-state index contributed by atoms with van der Waals surface area (Å²) in [5.74, 6) is 0.848. The Bertz CT molecular complexity index is 774. The van der Waals surface area contributed by atoms with Crippen LogP contribution in [0.5, 0.6) is 5.75 Å². The summed E-state index contributed by atoms with van der Waals surface area (Å²) < 4.78 is 6.81. The highest BCUT2D eigenvalue weighted by Gasteiger charge is 2.14. The number of aromatic hydroxyl groups is 1. The fourth-order valence-corrected chi connectivity index (χ4v) is 2.82. The van der Waals surface area contributed by atoms with Gasteiger partial charge in [0.15, 0.2) is 0 Å². The number of pyridine rings is 1. The van der Waals surface area contributed by atoms with Crippen LogP contribution in [0.15, 0.2) is 50.0 Å². The fraction of sp³-hybridized carbons (Fsp3) is 0. The summed E-state index contributed by atoms with van der Waals surface area (Å²) in [6, 6.07) is 8.48. The second-order valence-corrected chi connectivity index (χ2v) is 5.73. The van der Waals surface area contributed by atoms with Crippen LogP contribution in [0.2, 0.25) is 0 Å². The van der Waals surface area contributed by atoms with E-state index in [1.54, 1.807) is 30.5 Å². The van der Waals surface area contributed by atoms with Gasteiger partial charge in [-0.05, 0) is 56.1 Å². The molecule has 0 spiro atoms. The first-order valence-corrected chi connectivity index (χ1v) is 7.16. The van der Waals surface area contributed by atoms with Gasteiger partial charge in [-0.15, -0.1) is 0 Å². The molecule has 2 heterocycles. The highest BCUT2D eigenvalue weighted by molar-refractivity contribution is 9.11. The lowest BCUT2D eigenvalue weighted by Crippen LogP contribution is -1.87. The largest absolute Gasteiger partial charge is 0.508 e. The van der Waals surface area contributed by atoms with Crippen LogP contribution < -0.4 is 0 Å². The van der Waals surface area contributed by atoms with Crippen molar-refractivity contribution in [3.05, 3.63) is 45.5 Å². The molecule has 20 heavy (non-hydrogen) atoms. The molecule has 1 aromatic carbocycles. The van der Waals surface area contributed by atoms with E-state index in [1.807, 2.05) is 6.07 Å². The van der Waals surface area contributed by atoms with Crippen LogP contribution in [0, 0.1) is 0 Å². The van der Waals surface area contributed by atoms with Gasteiger partial charge < -0.3 is 9.63 Å². The molecule has 0 atom stereocenters. The molecule has 0 amide bonds. The Hall–Kier alpha value is -1.73. The monoisotopic (exact) mass is 395 g/mol. The smallest absolute Gasteiger partial charge is 0.258 e. The van der Waals surface area contributed by atoms with Crippen molar-refractivity contribution in [1.29, 1.82) is 0 Å². The quantitative estimate of drug-likeness (QED) is 0.707. The van der Waals surface area contributed by atoms with E-state index in [-0.39, 0.29) is 5.75 Å². The summed E-state index contributed by atoms with van der Waals surface area (Å²) >= 11 is 6.74. The van der Waals surface area contributed by atoms with Crippen molar-refractivity contribution in [2.24, 2.45) is 0 Å². The third-order valence-corrected chi connectivity index (χ3v) is 3.58. The van der Waals surface area contributed by atoms with Crippen LogP contribution in [0.25, 0.3) is 23.0 Å². The minimum Gasteiger partial charge on any atom is -0.508 e. The molecule has 0 fully saturated rings. The highest BCUT2D eigenvalue weighted by atomic mass is 79.9.